The minimum absolute atomic E-state index is 0.119. The predicted octanol–water partition coefficient (Wildman–Crippen LogP) is 1.40. The Balaban J connectivity index is 2.29. The molecule has 2 amide bonds. The monoisotopic (exact) mass is 231 g/mol. The number of amides is 2. The highest BCUT2D eigenvalue weighted by Crippen LogP contribution is 2.29. The summed E-state index contributed by atoms with van der Waals surface area (Å²) < 4.78 is 0. The standard InChI is InChI=1S/C13H13NO3/c1-9(8-15)11-7-12(16)14(13(11)17)10-5-3-2-4-6-10/h2-6,8-9,11H,7H2,1H3/t9-,11-/m0/s1. The third-order valence-electron chi connectivity index (χ3n) is 3.05. The van der Waals surface area contributed by atoms with Crippen molar-refractivity contribution in [1.29, 1.82) is 0 Å². The van der Waals surface area contributed by atoms with E-state index in [-0.39, 0.29) is 18.2 Å². The van der Waals surface area contributed by atoms with Crippen molar-refractivity contribution in [2.75, 3.05) is 4.90 Å². The lowest BCUT2D eigenvalue weighted by Gasteiger charge is -2.15. The van der Waals surface area contributed by atoms with Crippen molar-refractivity contribution in [3.63, 3.8) is 0 Å². The number of rotatable bonds is 3. The third-order valence-corrected chi connectivity index (χ3v) is 3.05. The van der Waals surface area contributed by atoms with Crippen molar-refractivity contribution in [3.05, 3.63) is 30.3 Å². The molecule has 0 aliphatic carbocycles. The number of carbonyl (C=O) groups excluding carboxylic acids is 3. The summed E-state index contributed by atoms with van der Waals surface area (Å²) in [5.41, 5.74) is 0.572. The first-order valence-corrected chi connectivity index (χ1v) is 5.52. The van der Waals surface area contributed by atoms with Crippen LogP contribution in [0.1, 0.15) is 13.3 Å². The molecule has 0 radical (unpaired) electrons. The van der Waals surface area contributed by atoms with E-state index in [0.717, 1.165) is 6.29 Å². The van der Waals surface area contributed by atoms with Crippen molar-refractivity contribution in [3.8, 4) is 0 Å². The van der Waals surface area contributed by atoms with Gasteiger partial charge in [0.15, 0.2) is 0 Å². The molecule has 1 heterocycles. The minimum Gasteiger partial charge on any atom is -0.303 e. The Labute approximate surface area is 99.2 Å². The van der Waals surface area contributed by atoms with E-state index in [4.69, 9.17) is 0 Å². The maximum absolute atomic E-state index is 12.1. The van der Waals surface area contributed by atoms with E-state index in [0.29, 0.717) is 5.69 Å². The molecular weight excluding hydrogens is 218 g/mol. The van der Waals surface area contributed by atoms with Gasteiger partial charge in [-0.15, -0.1) is 0 Å². The first-order chi connectivity index (χ1) is 8.15. The SMILES string of the molecule is C[C@@H](C=O)[C@@H]1CC(=O)N(c2ccccc2)C1=O. The zero-order chi connectivity index (χ0) is 12.4. The van der Waals surface area contributed by atoms with Gasteiger partial charge >= 0.3 is 0 Å². The van der Waals surface area contributed by atoms with Gasteiger partial charge in [0.1, 0.15) is 6.29 Å². The predicted molar refractivity (Wildman–Crippen MR) is 62.3 cm³/mol. The molecule has 0 N–H and O–H groups in total. The summed E-state index contributed by atoms with van der Waals surface area (Å²) in [6.45, 7) is 1.66. The van der Waals surface area contributed by atoms with Crippen LogP contribution in [0.3, 0.4) is 0 Å². The van der Waals surface area contributed by atoms with Gasteiger partial charge in [-0.2, -0.15) is 0 Å². The zero-order valence-corrected chi connectivity index (χ0v) is 9.50. The molecule has 2 rings (SSSR count). The molecule has 88 valence electrons. The molecular formula is C13H13NO3. The Morgan fingerprint density at radius 1 is 1.29 bits per heavy atom. The number of benzene rings is 1. The van der Waals surface area contributed by atoms with Crippen molar-refractivity contribution in [2.45, 2.75) is 13.3 Å². The maximum Gasteiger partial charge on any atom is 0.238 e. The van der Waals surface area contributed by atoms with Gasteiger partial charge in [-0.1, -0.05) is 25.1 Å². The van der Waals surface area contributed by atoms with E-state index in [1.807, 2.05) is 6.07 Å². The Morgan fingerprint density at radius 2 is 1.94 bits per heavy atom. The summed E-state index contributed by atoms with van der Waals surface area (Å²) in [6.07, 6.45) is 0.845. The molecule has 17 heavy (non-hydrogen) atoms. The van der Waals surface area contributed by atoms with Crippen molar-refractivity contribution >= 4 is 23.8 Å². The highest BCUT2D eigenvalue weighted by molar-refractivity contribution is 6.21. The van der Waals surface area contributed by atoms with Crippen molar-refractivity contribution in [2.24, 2.45) is 11.8 Å². The number of aldehydes is 1. The van der Waals surface area contributed by atoms with E-state index in [1.54, 1.807) is 31.2 Å². The average Bonchev–Trinajstić information content (AvgIpc) is 2.65. The lowest BCUT2D eigenvalue weighted by Crippen LogP contribution is -2.32. The lowest BCUT2D eigenvalue weighted by atomic mass is 9.94. The third kappa shape index (κ3) is 1.98. The van der Waals surface area contributed by atoms with Crippen LogP contribution in [0.15, 0.2) is 30.3 Å². The molecule has 1 fully saturated rings. The summed E-state index contributed by atoms with van der Waals surface area (Å²) in [5.74, 6) is -1.44. The summed E-state index contributed by atoms with van der Waals surface area (Å²) in [7, 11) is 0. The Hall–Kier alpha value is -1.97. The fraction of sp³-hybridized carbons (Fsp3) is 0.308. The number of imide groups is 1. The second-order valence-corrected chi connectivity index (χ2v) is 4.21. The van der Waals surface area contributed by atoms with Crippen LogP contribution in [0, 0.1) is 11.8 Å². The zero-order valence-electron chi connectivity index (χ0n) is 9.50. The van der Waals surface area contributed by atoms with Crippen molar-refractivity contribution < 1.29 is 14.4 Å². The first kappa shape index (κ1) is 11.5. The molecule has 2 atom stereocenters. The molecule has 0 spiro atoms. The number of nitrogens with zero attached hydrogens (tertiary/aromatic N) is 1. The van der Waals surface area contributed by atoms with Crippen LogP contribution in [-0.2, 0) is 14.4 Å². The van der Waals surface area contributed by atoms with Crippen LogP contribution in [0.5, 0.6) is 0 Å². The van der Waals surface area contributed by atoms with Crippen LogP contribution in [0.25, 0.3) is 0 Å². The highest BCUT2D eigenvalue weighted by atomic mass is 16.2. The number of para-hydroxylation sites is 1. The van der Waals surface area contributed by atoms with Crippen LogP contribution in [-0.4, -0.2) is 18.1 Å². The van der Waals surface area contributed by atoms with Crippen LogP contribution in [0.2, 0.25) is 0 Å². The molecule has 4 heteroatoms. The average molecular weight is 231 g/mol. The Morgan fingerprint density at radius 3 is 2.53 bits per heavy atom. The Kier molecular flexibility index (Phi) is 3.04. The molecule has 0 saturated carbocycles. The van der Waals surface area contributed by atoms with Gasteiger partial charge in [0.05, 0.1) is 11.6 Å². The lowest BCUT2D eigenvalue weighted by molar-refractivity contribution is -0.125. The van der Waals surface area contributed by atoms with Gasteiger partial charge in [0.25, 0.3) is 0 Å². The molecule has 1 aliphatic rings. The molecule has 1 saturated heterocycles. The van der Waals surface area contributed by atoms with Crippen molar-refractivity contribution in [1.82, 2.24) is 0 Å². The molecule has 0 unspecified atom stereocenters. The maximum atomic E-state index is 12.1. The fourth-order valence-corrected chi connectivity index (χ4v) is 2.01. The van der Waals surface area contributed by atoms with E-state index in [2.05, 4.69) is 0 Å². The second-order valence-electron chi connectivity index (χ2n) is 4.21. The Bertz CT molecular complexity index is 455. The minimum atomic E-state index is -0.514. The van der Waals surface area contributed by atoms with Gasteiger partial charge < -0.3 is 4.79 Å². The first-order valence-electron chi connectivity index (χ1n) is 5.52. The molecule has 1 aromatic carbocycles. The normalized spacial score (nSPS) is 21.7. The number of anilines is 1. The van der Waals surface area contributed by atoms with E-state index >= 15 is 0 Å². The van der Waals surface area contributed by atoms with E-state index in [1.165, 1.54) is 4.90 Å². The van der Waals surface area contributed by atoms with Crippen LogP contribution >= 0.6 is 0 Å². The summed E-state index contributed by atoms with van der Waals surface area (Å²) in [6, 6.07) is 8.78. The van der Waals surface area contributed by atoms with E-state index < -0.39 is 11.8 Å². The topological polar surface area (TPSA) is 54.5 Å². The largest absolute Gasteiger partial charge is 0.303 e. The van der Waals surface area contributed by atoms with Crippen LogP contribution in [0.4, 0.5) is 5.69 Å². The van der Waals surface area contributed by atoms with E-state index in [9.17, 15) is 14.4 Å². The van der Waals surface area contributed by atoms with Gasteiger partial charge in [-0.05, 0) is 12.1 Å². The van der Waals surface area contributed by atoms with Crippen LogP contribution < -0.4 is 4.90 Å². The van der Waals surface area contributed by atoms with Gasteiger partial charge in [0.2, 0.25) is 11.8 Å². The summed E-state index contributed by atoms with van der Waals surface area (Å²) in [5, 5.41) is 0. The summed E-state index contributed by atoms with van der Waals surface area (Å²) >= 11 is 0. The number of hydrogen-bond donors (Lipinski definition) is 0. The van der Waals surface area contributed by atoms with Gasteiger partial charge in [-0.25, -0.2) is 0 Å². The molecule has 1 aromatic rings. The molecule has 1 aliphatic heterocycles. The molecule has 4 nitrogen and oxygen atoms in total. The summed E-state index contributed by atoms with van der Waals surface area (Å²) in [4.78, 5) is 35.7. The fourth-order valence-electron chi connectivity index (χ4n) is 2.01. The highest BCUT2D eigenvalue weighted by Gasteiger charge is 2.41. The smallest absolute Gasteiger partial charge is 0.238 e. The van der Waals surface area contributed by atoms with Gasteiger partial charge in [0, 0.05) is 12.3 Å². The molecule has 0 bridgehead atoms. The second kappa shape index (κ2) is 4.49. The molecule has 0 aromatic heterocycles. The number of carbonyl (C=O) groups is 3. The number of hydrogen-bond acceptors (Lipinski definition) is 3. The quantitative estimate of drug-likeness (QED) is 0.583. The van der Waals surface area contributed by atoms with Gasteiger partial charge in [-0.3, -0.25) is 14.5 Å².